The van der Waals surface area contributed by atoms with Gasteiger partial charge >= 0.3 is 0 Å². The molecule has 0 amide bonds. The third-order valence-electron chi connectivity index (χ3n) is 6.12. The van der Waals surface area contributed by atoms with Crippen LogP contribution in [0.15, 0.2) is 0 Å². The fourth-order valence-electron chi connectivity index (χ4n) is 4.72. The third kappa shape index (κ3) is 4.22. The maximum atomic E-state index is 3.79. The first-order chi connectivity index (χ1) is 9.82. The smallest absolute Gasteiger partial charge is 0.0254 e. The molecule has 0 aromatic rings. The van der Waals surface area contributed by atoms with Crippen LogP contribution in [0, 0.1) is 17.3 Å². The number of hydrogen-bond acceptors (Lipinski definition) is 2. The van der Waals surface area contributed by atoms with Gasteiger partial charge in [0.2, 0.25) is 0 Å². The van der Waals surface area contributed by atoms with Gasteiger partial charge in [0.15, 0.2) is 0 Å². The van der Waals surface area contributed by atoms with E-state index in [1.54, 1.807) is 0 Å². The van der Waals surface area contributed by atoms with Gasteiger partial charge in [-0.2, -0.15) is 0 Å². The summed E-state index contributed by atoms with van der Waals surface area (Å²) < 4.78 is 0. The summed E-state index contributed by atoms with van der Waals surface area (Å²) in [4.78, 5) is 2.85. The normalized spacial score (nSPS) is 39.4. The molecule has 5 unspecified atom stereocenters. The van der Waals surface area contributed by atoms with E-state index in [1.165, 1.54) is 38.6 Å². The van der Waals surface area contributed by atoms with Crippen molar-refractivity contribution < 1.29 is 0 Å². The molecule has 0 spiro atoms. The second-order valence-corrected chi connectivity index (χ2v) is 8.82. The predicted molar refractivity (Wildman–Crippen MR) is 92.6 cm³/mol. The summed E-state index contributed by atoms with van der Waals surface area (Å²) in [7, 11) is 0. The topological polar surface area (TPSA) is 15.3 Å². The lowest BCUT2D eigenvalue weighted by Gasteiger charge is -2.50. The van der Waals surface area contributed by atoms with Crippen molar-refractivity contribution in [1.82, 2.24) is 10.2 Å². The van der Waals surface area contributed by atoms with Gasteiger partial charge in [-0.3, -0.25) is 4.90 Å². The van der Waals surface area contributed by atoms with E-state index in [-0.39, 0.29) is 0 Å². The van der Waals surface area contributed by atoms with Crippen LogP contribution in [-0.2, 0) is 0 Å². The molecule has 0 bridgehead atoms. The molecule has 0 aromatic heterocycles. The molecule has 1 heterocycles. The van der Waals surface area contributed by atoms with Crippen LogP contribution in [0.1, 0.15) is 73.6 Å². The highest BCUT2D eigenvalue weighted by atomic mass is 15.2. The molecule has 1 aliphatic heterocycles. The molecule has 0 radical (unpaired) electrons. The van der Waals surface area contributed by atoms with Crippen LogP contribution in [0.4, 0.5) is 0 Å². The van der Waals surface area contributed by atoms with Gasteiger partial charge in [-0.25, -0.2) is 0 Å². The van der Waals surface area contributed by atoms with Gasteiger partial charge in [-0.1, -0.05) is 34.6 Å². The first kappa shape index (κ1) is 17.3. The van der Waals surface area contributed by atoms with E-state index in [0.29, 0.717) is 11.5 Å². The summed E-state index contributed by atoms with van der Waals surface area (Å²) in [5.41, 5.74) is 0.460. The quantitative estimate of drug-likeness (QED) is 0.835. The van der Waals surface area contributed by atoms with Crippen LogP contribution < -0.4 is 5.32 Å². The number of likely N-dealkylation sites (N-methyl/N-ethyl adjacent to an activating group) is 1. The minimum absolute atomic E-state index is 0.460. The van der Waals surface area contributed by atoms with Crippen molar-refractivity contribution in [2.75, 3.05) is 13.1 Å². The summed E-state index contributed by atoms with van der Waals surface area (Å²) in [6.07, 6.45) is 6.92. The minimum atomic E-state index is 0.460. The summed E-state index contributed by atoms with van der Waals surface area (Å²) in [6.45, 7) is 16.9. The van der Waals surface area contributed by atoms with Gasteiger partial charge in [0, 0.05) is 18.1 Å². The Balaban J connectivity index is 2.10. The Morgan fingerprint density at radius 2 is 1.76 bits per heavy atom. The lowest BCUT2D eigenvalue weighted by molar-refractivity contribution is 0.0112. The lowest BCUT2D eigenvalue weighted by atomic mass is 9.68. The van der Waals surface area contributed by atoms with Crippen molar-refractivity contribution in [1.29, 1.82) is 0 Å². The lowest BCUT2D eigenvalue weighted by Crippen LogP contribution is -2.58. The Bertz CT molecular complexity index is 320. The third-order valence-corrected chi connectivity index (χ3v) is 6.12. The summed E-state index contributed by atoms with van der Waals surface area (Å²) >= 11 is 0. The van der Waals surface area contributed by atoms with Crippen molar-refractivity contribution in [3.8, 4) is 0 Å². The first-order valence-electron chi connectivity index (χ1n) is 9.32. The fourth-order valence-corrected chi connectivity index (χ4v) is 4.72. The first-order valence-corrected chi connectivity index (χ1v) is 9.32. The zero-order valence-corrected chi connectivity index (χ0v) is 15.3. The van der Waals surface area contributed by atoms with E-state index in [1.807, 2.05) is 0 Å². The highest BCUT2D eigenvalue weighted by Gasteiger charge is 2.40. The number of piperidine rings is 1. The zero-order chi connectivity index (χ0) is 15.6. The van der Waals surface area contributed by atoms with Crippen molar-refractivity contribution in [3.63, 3.8) is 0 Å². The SMILES string of the molecule is CCNC1CCC(C(C)(C)C)CC1N1CCC(C)CC1C. The summed E-state index contributed by atoms with van der Waals surface area (Å²) in [5.74, 6) is 1.79. The second kappa shape index (κ2) is 7.00. The second-order valence-electron chi connectivity index (χ2n) is 8.82. The van der Waals surface area contributed by atoms with Crippen molar-refractivity contribution >= 4 is 0 Å². The van der Waals surface area contributed by atoms with E-state index < -0.39 is 0 Å². The molecule has 5 atom stereocenters. The van der Waals surface area contributed by atoms with E-state index in [2.05, 4.69) is 51.8 Å². The highest BCUT2D eigenvalue weighted by molar-refractivity contribution is 4.96. The number of nitrogens with zero attached hydrogens (tertiary/aromatic N) is 1. The van der Waals surface area contributed by atoms with E-state index >= 15 is 0 Å². The Hall–Kier alpha value is -0.0800. The standard InChI is InChI=1S/C19H38N2/c1-7-20-17-9-8-16(19(4,5)6)13-18(17)21-11-10-14(2)12-15(21)3/h14-18,20H,7-13H2,1-6H3. The van der Waals surface area contributed by atoms with Crippen LogP contribution in [0.3, 0.4) is 0 Å². The number of nitrogens with one attached hydrogen (secondary N) is 1. The molecule has 1 aliphatic carbocycles. The van der Waals surface area contributed by atoms with E-state index in [0.717, 1.165) is 30.5 Å². The van der Waals surface area contributed by atoms with E-state index in [4.69, 9.17) is 0 Å². The molecule has 2 fully saturated rings. The van der Waals surface area contributed by atoms with Gasteiger partial charge < -0.3 is 5.32 Å². The fraction of sp³-hybridized carbons (Fsp3) is 1.00. The Morgan fingerprint density at radius 1 is 1.05 bits per heavy atom. The van der Waals surface area contributed by atoms with Crippen LogP contribution in [0.25, 0.3) is 0 Å². The molecule has 0 aromatic carbocycles. The average Bonchev–Trinajstić information content (AvgIpc) is 2.39. The summed E-state index contributed by atoms with van der Waals surface area (Å²) in [6, 6.07) is 2.23. The molecule has 2 nitrogen and oxygen atoms in total. The molecular formula is C19H38N2. The van der Waals surface area contributed by atoms with Gasteiger partial charge in [0.1, 0.15) is 0 Å². The van der Waals surface area contributed by atoms with Gasteiger partial charge in [0.25, 0.3) is 0 Å². The number of rotatable bonds is 3. The molecule has 1 N–H and O–H groups in total. The molecule has 124 valence electrons. The molecular weight excluding hydrogens is 256 g/mol. The van der Waals surface area contributed by atoms with Gasteiger partial charge in [-0.15, -0.1) is 0 Å². The van der Waals surface area contributed by atoms with Gasteiger partial charge in [-0.05, 0) is 69.4 Å². The zero-order valence-electron chi connectivity index (χ0n) is 15.3. The van der Waals surface area contributed by atoms with E-state index in [9.17, 15) is 0 Å². The Kier molecular flexibility index (Phi) is 5.76. The van der Waals surface area contributed by atoms with Crippen LogP contribution >= 0.6 is 0 Å². The largest absolute Gasteiger partial charge is 0.313 e. The van der Waals surface area contributed by atoms with Crippen molar-refractivity contribution in [2.24, 2.45) is 17.3 Å². The van der Waals surface area contributed by atoms with Crippen LogP contribution in [0.5, 0.6) is 0 Å². The van der Waals surface area contributed by atoms with Gasteiger partial charge in [0.05, 0.1) is 0 Å². The maximum Gasteiger partial charge on any atom is 0.0254 e. The molecule has 21 heavy (non-hydrogen) atoms. The molecule has 2 heteroatoms. The highest BCUT2D eigenvalue weighted by Crippen LogP contribution is 2.41. The monoisotopic (exact) mass is 294 g/mol. The van der Waals surface area contributed by atoms with Crippen LogP contribution in [0.2, 0.25) is 0 Å². The Morgan fingerprint density at radius 3 is 2.33 bits per heavy atom. The molecule has 1 saturated carbocycles. The summed E-state index contributed by atoms with van der Waals surface area (Å²) in [5, 5.41) is 3.79. The van der Waals surface area contributed by atoms with Crippen molar-refractivity contribution in [2.45, 2.75) is 91.8 Å². The molecule has 2 rings (SSSR count). The minimum Gasteiger partial charge on any atom is -0.313 e. The van der Waals surface area contributed by atoms with Crippen molar-refractivity contribution in [3.05, 3.63) is 0 Å². The number of likely N-dealkylation sites (tertiary alicyclic amines) is 1. The Labute approximate surface area is 133 Å². The average molecular weight is 295 g/mol. The maximum absolute atomic E-state index is 3.79. The molecule has 1 saturated heterocycles. The predicted octanol–water partition coefficient (Wildman–Crippen LogP) is 4.30. The molecule has 2 aliphatic rings. The number of hydrogen-bond donors (Lipinski definition) is 1. The van der Waals surface area contributed by atoms with Crippen LogP contribution in [-0.4, -0.2) is 36.1 Å².